The summed E-state index contributed by atoms with van der Waals surface area (Å²) >= 11 is 6.00. The molecule has 0 bridgehead atoms. The lowest BCUT2D eigenvalue weighted by Crippen LogP contribution is -1.88. The van der Waals surface area contributed by atoms with Crippen molar-refractivity contribution in [2.45, 2.75) is 0 Å². The molecule has 17 heavy (non-hydrogen) atoms. The molecule has 0 unspecified atom stereocenters. The van der Waals surface area contributed by atoms with Gasteiger partial charge in [-0.2, -0.15) is 0 Å². The van der Waals surface area contributed by atoms with Crippen LogP contribution in [-0.2, 0) is 0 Å². The Morgan fingerprint density at radius 3 is 2.18 bits per heavy atom. The van der Waals surface area contributed by atoms with Crippen LogP contribution in [0.25, 0.3) is 11.1 Å². The summed E-state index contributed by atoms with van der Waals surface area (Å²) in [5.74, 6) is 1.63. The molecule has 0 amide bonds. The highest BCUT2D eigenvalue weighted by atomic mass is 35.5. The molecule has 0 aliphatic heterocycles. The van der Waals surface area contributed by atoms with Crippen molar-refractivity contribution in [3.63, 3.8) is 0 Å². The largest absolute Gasteiger partial charge is 0.497 e. The van der Waals surface area contributed by atoms with Crippen LogP contribution in [0.4, 0.5) is 0 Å². The van der Waals surface area contributed by atoms with E-state index >= 15 is 0 Å². The van der Waals surface area contributed by atoms with Crippen molar-refractivity contribution in [1.29, 1.82) is 0 Å². The van der Waals surface area contributed by atoms with E-state index in [4.69, 9.17) is 21.1 Å². The molecule has 2 aromatic rings. The Morgan fingerprint density at radius 1 is 0.882 bits per heavy atom. The fourth-order valence-electron chi connectivity index (χ4n) is 1.68. The van der Waals surface area contributed by atoms with Gasteiger partial charge in [0.25, 0.3) is 0 Å². The Bertz CT molecular complexity index is 506. The maximum atomic E-state index is 6.00. The van der Waals surface area contributed by atoms with Gasteiger partial charge in [0.1, 0.15) is 11.5 Å². The maximum Gasteiger partial charge on any atom is 0.126 e. The third-order valence-electron chi connectivity index (χ3n) is 2.56. The Balaban J connectivity index is 2.47. The van der Waals surface area contributed by atoms with Gasteiger partial charge < -0.3 is 9.47 Å². The molecular weight excluding hydrogens is 236 g/mol. The number of halogens is 1. The number of rotatable bonds is 3. The molecule has 0 atom stereocenters. The molecule has 0 aliphatic rings. The standard InChI is InChI=1S/C14H13ClO2/c1-16-12-6-3-10(4-7-12)13-9-11(15)5-8-14(13)17-2/h3-9H,1-2H3. The summed E-state index contributed by atoms with van der Waals surface area (Å²) in [5, 5.41) is 0.691. The lowest BCUT2D eigenvalue weighted by atomic mass is 10.0. The molecule has 3 heteroatoms. The predicted molar refractivity (Wildman–Crippen MR) is 70.0 cm³/mol. The molecule has 2 nitrogen and oxygen atoms in total. The molecule has 0 spiro atoms. The third kappa shape index (κ3) is 2.53. The van der Waals surface area contributed by atoms with Gasteiger partial charge in [0.15, 0.2) is 0 Å². The molecule has 2 aromatic carbocycles. The van der Waals surface area contributed by atoms with E-state index in [-0.39, 0.29) is 0 Å². The first-order chi connectivity index (χ1) is 8.24. The fraction of sp³-hybridized carbons (Fsp3) is 0.143. The van der Waals surface area contributed by atoms with E-state index in [2.05, 4.69) is 0 Å². The quantitative estimate of drug-likeness (QED) is 0.817. The molecule has 0 saturated carbocycles. The summed E-state index contributed by atoms with van der Waals surface area (Å²) in [6.45, 7) is 0. The predicted octanol–water partition coefficient (Wildman–Crippen LogP) is 4.02. The molecule has 0 saturated heterocycles. The summed E-state index contributed by atoms with van der Waals surface area (Å²) in [6, 6.07) is 13.4. The first-order valence-electron chi connectivity index (χ1n) is 5.22. The van der Waals surface area contributed by atoms with Crippen molar-refractivity contribution in [3.05, 3.63) is 47.5 Å². The highest BCUT2D eigenvalue weighted by Crippen LogP contribution is 2.33. The maximum absolute atomic E-state index is 6.00. The van der Waals surface area contributed by atoms with Gasteiger partial charge >= 0.3 is 0 Å². The number of hydrogen-bond acceptors (Lipinski definition) is 2. The zero-order chi connectivity index (χ0) is 12.3. The highest BCUT2D eigenvalue weighted by Gasteiger charge is 2.06. The average Bonchev–Trinajstić information content (AvgIpc) is 2.39. The molecule has 0 N–H and O–H groups in total. The average molecular weight is 249 g/mol. The van der Waals surface area contributed by atoms with Crippen LogP contribution in [0.1, 0.15) is 0 Å². The van der Waals surface area contributed by atoms with E-state index in [1.807, 2.05) is 42.5 Å². The molecule has 0 radical (unpaired) electrons. The zero-order valence-electron chi connectivity index (χ0n) is 9.74. The van der Waals surface area contributed by atoms with Crippen molar-refractivity contribution in [2.75, 3.05) is 14.2 Å². The van der Waals surface area contributed by atoms with Crippen LogP contribution in [-0.4, -0.2) is 14.2 Å². The van der Waals surface area contributed by atoms with E-state index < -0.39 is 0 Å². The Hall–Kier alpha value is -1.67. The van der Waals surface area contributed by atoms with E-state index in [1.165, 1.54) is 0 Å². The minimum atomic E-state index is 0.691. The van der Waals surface area contributed by atoms with E-state index in [0.717, 1.165) is 22.6 Å². The van der Waals surface area contributed by atoms with Crippen LogP contribution in [0.5, 0.6) is 11.5 Å². The van der Waals surface area contributed by atoms with Gasteiger partial charge in [0.05, 0.1) is 14.2 Å². The lowest BCUT2D eigenvalue weighted by Gasteiger charge is -2.09. The van der Waals surface area contributed by atoms with Crippen molar-refractivity contribution >= 4 is 11.6 Å². The van der Waals surface area contributed by atoms with Gasteiger partial charge in [-0.3, -0.25) is 0 Å². The van der Waals surface area contributed by atoms with Crippen LogP contribution in [0.2, 0.25) is 5.02 Å². The molecule has 0 heterocycles. The first kappa shape index (κ1) is 11.8. The van der Waals surface area contributed by atoms with E-state index in [9.17, 15) is 0 Å². The second-order valence-electron chi connectivity index (χ2n) is 3.57. The van der Waals surface area contributed by atoms with Gasteiger partial charge in [0.2, 0.25) is 0 Å². The summed E-state index contributed by atoms with van der Waals surface area (Å²) in [4.78, 5) is 0. The summed E-state index contributed by atoms with van der Waals surface area (Å²) in [6.07, 6.45) is 0. The number of hydrogen-bond donors (Lipinski definition) is 0. The van der Waals surface area contributed by atoms with Gasteiger partial charge in [-0.1, -0.05) is 23.7 Å². The summed E-state index contributed by atoms with van der Waals surface area (Å²) in [5.41, 5.74) is 2.02. The summed E-state index contributed by atoms with van der Waals surface area (Å²) < 4.78 is 10.4. The Morgan fingerprint density at radius 2 is 1.59 bits per heavy atom. The van der Waals surface area contributed by atoms with Crippen molar-refractivity contribution < 1.29 is 9.47 Å². The molecule has 0 aliphatic carbocycles. The van der Waals surface area contributed by atoms with Crippen LogP contribution in [0, 0.1) is 0 Å². The minimum Gasteiger partial charge on any atom is -0.497 e. The van der Waals surface area contributed by atoms with E-state index in [0.29, 0.717) is 5.02 Å². The lowest BCUT2D eigenvalue weighted by molar-refractivity contribution is 0.414. The van der Waals surface area contributed by atoms with Crippen molar-refractivity contribution in [1.82, 2.24) is 0 Å². The molecule has 0 aromatic heterocycles. The van der Waals surface area contributed by atoms with Crippen LogP contribution < -0.4 is 9.47 Å². The molecular formula is C14H13ClO2. The van der Waals surface area contributed by atoms with Crippen LogP contribution in [0.3, 0.4) is 0 Å². The van der Waals surface area contributed by atoms with E-state index in [1.54, 1.807) is 14.2 Å². The molecule has 88 valence electrons. The topological polar surface area (TPSA) is 18.5 Å². The smallest absolute Gasteiger partial charge is 0.126 e. The van der Waals surface area contributed by atoms with Gasteiger partial charge in [0, 0.05) is 10.6 Å². The van der Waals surface area contributed by atoms with Crippen molar-refractivity contribution in [2.24, 2.45) is 0 Å². The second-order valence-corrected chi connectivity index (χ2v) is 4.01. The highest BCUT2D eigenvalue weighted by molar-refractivity contribution is 6.31. The van der Waals surface area contributed by atoms with Gasteiger partial charge in [-0.15, -0.1) is 0 Å². The second kappa shape index (κ2) is 5.11. The van der Waals surface area contributed by atoms with Crippen LogP contribution in [0.15, 0.2) is 42.5 Å². The van der Waals surface area contributed by atoms with Gasteiger partial charge in [-0.05, 0) is 35.9 Å². The van der Waals surface area contributed by atoms with Gasteiger partial charge in [-0.25, -0.2) is 0 Å². The monoisotopic (exact) mass is 248 g/mol. The number of ether oxygens (including phenoxy) is 2. The Labute approximate surface area is 106 Å². The number of benzene rings is 2. The minimum absolute atomic E-state index is 0.691. The zero-order valence-corrected chi connectivity index (χ0v) is 10.5. The first-order valence-corrected chi connectivity index (χ1v) is 5.60. The third-order valence-corrected chi connectivity index (χ3v) is 2.80. The SMILES string of the molecule is COc1ccc(-c2cc(Cl)ccc2OC)cc1. The molecule has 0 fully saturated rings. The van der Waals surface area contributed by atoms with Crippen molar-refractivity contribution in [3.8, 4) is 22.6 Å². The normalized spacial score (nSPS) is 10.1. The fourth-order valence-corrected chi connectivity index (χ4v) is 1.85. The molecule has 2 rings (SSSR count). The Kier molecular flexibility index (Phi) is 3.55. The number of methoxy groups -OCH3 is 2. The van der Waals surface area contributed by atoms with Crippen LogP contribution >= 0.6 is 11.6 Å². The summed E-state index contributed by atoms with van der Waals surface area (Å²) in [7, 11) is 3.30.